The summed E-state index contributed by atoms with van der Waals surface area (Å²) in [7, 11) is 4.60. The molecule has 126 valence electrons. The number of phenolic OH excluding ortho intramolecular Hbond substituents is 1. The molecule has 6 heteroatoms. The molecule has 1 aliphatic heterocycles. The SMILES string of the molecule is COc1cc(OC)c([C@H]2COc3cc(O)ccc3C2=O)cc1OC. The molecule has 0 unspecified atom stereocenters. The molecule has 6 nitrogen and oxygen atoms in total. The number of fused-ring (bicyclic) bond motifs is 1. The second kappa shape index (κ2) is 6.31. The van der Waals surface area contributed by atoms with Gasteiger partial charge in [0.25, 0.3) is 0 Å². The Labute approximate surface area is 139 Å². The number of aromatic hydroxyl groups is 1. The van der Waals surface area contributed by atoms with Gasteiger partial charge in [-0.15, -0.1) is 0 Å². The van der Waals surface area contributed by atoms with Crippen molar-refractivity contribution < 1.29 is 28.8 Å². The van der Waals surface area contributed by atoms with Gasteiger partial charge in [-0.2, -0.15) is 0 Å². The van der Waals surface area contributed by atoms with Crippen LogP contribution in [-0.2, 0) is 0 Å². The highest BCUT2D eigenvalue weighted by molar-refractivity contribution is 6.04. The van der Waals surface area contributed by atoms with Crippen LogP contribution in [0, 0.1) is 0 Å². The Hall–Kier alpha value is -2.89. The average Bonchev–Trinajstić information content (AvgIpc) is 2.60. The first-order valence-electron chi connectivity index (χ1n) is 7.39. The van der Waals surface area contributed by atoms with Crippen molar-refractivity contribution in [3.05, 3.63) is 41.5 Å². The van der Waals surface area contributed by atoms with E-state index < -0.39 is 5.92 Å². The van der Waals surface area contributed by atoms with Crippen LogP contribution in [0.15, 0.2) is 30.3 Å². The lowest BCUT2D eigenvalue weighted by Crippen LogP contribution is -2.26. The van der Waals surface area contributed by atoms with Crippen LogP contribution in [0.2, 0.25) is 0 Å². The first-order valence-corrected chi connectivity index (χ1v) is 7.39. The number of hydrogen-bond acceptors (Lipinski definition) is 6. The van der Waals surface area contributed by atoms with Gasteiger partial charge in [-0.3, -0.25) is 4.79 Å². The second-order valence-corrected chi connectivity index (χ2v) is 5.36. The highest BCUT2D eigenvalue weighted by Gasteiger charge is 2.33. The van der Waals surface area contributed by atoms with E-state index in [0.717, 1.165) is 0 Å². The lowest BCUT2D eigenvalue weighted by molar-refractivity contribution is 0.0894. The quantitative estimate of drug-likeness (QED) is 0.929. The third kappa shape index (κ3) is 2.60. The molecule has 3 rings (SSSR count). The highest BCUT2D eigenvalue weighted by atomic mass is 16.5. The van der Waals surface area contributed by atoms with Crippen molar-refractivity contribution in [3.63, 3.8) is 0 Å². The predicted octanol–water partition coefficient (Wildman–Crippen LogP) is 2.78. The molecule has 0 radical (unpaired) electrons. The average molecular weight is 330 g/mol. The minimum atomic E-state index is -0.531. The van der Waals surface area contributed by atoms with Crippen LogP contribution >= 0.6 is 0 Å². The van der Waals surface area contributed by atoms with E-state index in [2.05, 4.69) is 0 Å². The third-order valence-electron chi connectivity index (χ3n) is 4.06. The standard InChI is InChI=1S/C18H18O6/c1-21-14-8-17(23-3)16(22-2)7-12(14)13-9-24-15-6-10(19)4-5-11(15)18(13)20/h4-8,13,19H,9H2,1-3H3/t13-/m1/s1. The van der Waals surface area contributed by atoms with E-state index in [4.69, 9.17) is 18.9 Å². The van der Waals surface area contributed by atoms with Crippen molar-refractivity contribution >= 4 is 5.78 Å². The van der Waals surface area contributed by atoms with Crippen LogP contribution in [0.25, 0.3) is 0 Å². The number of ether oxygens (including phenoxy) is 4. The predicted molar refractivity (Wildman–Crippen MR) is 86.8 cm³/mol. The fourth-order valence-corrected chi connectivity index (χ4v) is 2.83. The number of Topliss-reactive ketones (excluding diaryl/α,β-unsaturated/α-hetero) is 1. The molecule has 0 amide bonds. The number of phenols is 1. The zero-order chi connectivity index (χ0) is 17.3. The van der Waals surface area contributed by atoms with E-state index in [1.165, 1.54) is 33.5 Å². The van der Waals surface area contributed by atoms with Crippen molar-refractivity contribution in [3.8, 4) is 28.7 Å². The monoisotopic (exact) mass is 330 g/mol. The van der Waals surface area contributed by atoms with Gasteiger partial charge in [0.05, 0.1) is 32.8 Å². The Bertz CT molecular complexity index is 783. The molecular weight excluding hydrogens is 312 g/mol. The summed E-state index contributed by atoms with van der Waals surface area (Å²) in [6.45, 7) is 0.154. The molecule has 0 fully saturated rings. The summed E-state index contributed by atoms with van der Waals surface area (Å²) < 4.78 is 21.7. The molecule has 2 aromatic rings. The largest absolute Gasteiger partial charge is 0.508 e. The van der Waals surface area contributed by atoms with Crippen LogP contribution in [-0.4, -0.2) is 38.8 Å². The maximum Gasteiger partial charge on any atom is 0.177 e. The fourth-order valence-electron chi connectivity index (χ4n) is 2.83. The molecule has 0 aliphatic carbocycles. The summed E-state index contributed by atoms with van der Waals surface area (Å²) in [5.74, 6) is 1.37. The molecule has 0 bridgehead atoms. The van der Waals surface area contributed by atoms with Gasteiger partial charge in [0.1, 0.15) is 23.9 Å². The summed E-state index contributed by atoms with van der Waals surface area (Å²) in [5.41, 5.74) is 1.10. The van der Waals surface area contributed by atoms with Crippen LogP contribution < -0.4 is 18.9 Å². The number of benzene rings is 2. The Balaban J connectivity index is 2.06. The molecule has 0 saturated carbocycles. The van der Waals surface area contributed by atoms with Gasteiger partial charge in [0.15, 0.2) is 17.3 Å². The summed E-state index contributed by atoms with van der Waals surface area (Å²) >= 11 is 0. The zero-order valence-electron chi connectivity index (χ0n) is 13.7. The van der Waals surface area contributed by atoms with Crippen LogP contribution in [0.4, 0.5) is 0 Å². The molecule has 1 N–H and O–H groups in total. The number of carbonyl (C=O) groups excluding carboxylic acids is 1. The minimum Gasteiger partial charge on any atom is -0.508 e. The third-order valence-corrected chi connectivity index (χ3v) is 4.06. The summed E-state index contributed by atoms with van der Waals surface area (Å²) in [4.78, 5) is 12.9. The molecule has 0 saturated heterocycles. The van der Waals surface area contributed by atoms with E-state index in [1.54, 1.807) is 18.2 Å². The topological polar surface area (TPSA) is 74.2 Å². The lowest BCUT2D eigenvalue weighted by atomic mass is 9.88. The molecule has 24 heavy (non-hydrogen) atoms. The minimum absolute atomic E-state index is 0.0590. The van der Waals surface area contributed by atoms with Crippen LogP contribution in [0.5, 0.6) is 28.7 Å². The van der Waals surface area contributed by atoms with Gasteiger partial charge in [-0.1, -0.05) is 0 Å². The first-order chi connectivity index (χ1) is 11.6. The molecule has 2 aromatic carbocycles. The van der Waals surface area contributed by atoms with Crippen molar-refractivity contribution in [1.29, 1.82) is 0 Å². The van der Waals surface area contributed by atoms with Crippen molar-refractivity contribution in [1.82, 2.24) is 0 Å². The summed E-state index contributed by atoms with van der Waals surface area (Å²) in [6, 6.07) is 7.89. The van der Waals surface area contributed by atoms with Gasteiger partial charge in [0.2, 0.25) is 0 Å². The summed E-state index contributed by atoms with van der Waals surface area (Å²) in [5, 5.41) is 9.52. The number of ketones is 1. The van der Waals surface area contributed by atoms with Crippen LogP contribution in [0.1, 0.15) is 21.8 Å². The summed E-state index contributed by atoms with van der Waals surface area (Å²) in [6.07, 6.45) is 0. The van der Waals surface area contributed by atoms with Gasteiger partial charge in [-0.05, 0) is 18.2 Å². The molecule has 0 spiro atoms. The molecule has 1 heterocycles. The van der Waals surface area contributed by atoms with Gasteiger partial charge in [0, 0.05) is 17.7 Å². The Morgan fingerprint density at radius 1 is 1.00 bits per heavy atom. The molecule has 0 aromatic heterocycles. The normalized spacial score (nSPS) is 16.1. The second-order valence-electron chi connectivity index (χ2n) is 5.36. The number of rotatable bonds is 4. The first kappa shape index (κ1) is 16.0. The van der Waals surface area contributed by atoms with E-state index in [9.17, 15) is 9.90 Å². The van der Waals surface area contributed by atoms with Crippen molar-refractivity contribution in [2.45, 2.75) is 5.92 Å². The van der Waals surface area contributed by atoms with E-state index >= 15 is 0 Å². The van der Waals surface area contributed by atoms with Gasteiger partial charge >= 0.3 is 0 Å². The maximum atomic E-state index is 12.9. The fraction of sp³-hybridized carbons (Fsp3) is 0.278. The Morgan fingerprint density at radius 2 is 1.67 bits per heavy atom. The van der Waals surface area contributed by atoms with Gasteiger partial charge < -0.3 is 24.1 Å². The number of methoxy groups -OCH3 is 3. The smallest absolute Gasteiger partial charge is 0.177 e. The molecule has 1 aliphatic rings. The highest BCUT2D eigenvalue weighted by Crippen LogP contribution is 2.42. The van der Waals surface area contributed by atoms with Crippen LogP contribution in [0.3, 0.4) is 0 Å². The Morgan fingerprint density at radius 3 is 2.33 bits per heavy atom. The van der Waals surface area contributed by atoms with E-state index in [-0.39, 0.29) is 18.1 Å². The molecular formula is C18H18O6. The lowest BCUT2D eigenvalue weighted by Gasteiger charge is -2.26. The zero-order valence-corrected chi connectivity index (χ0v) is 13.7. The van der Waals surface area contributed by atoms with E-state index in [0.29, 0.717) is 34.1 Å². The van der Waals surface area contributed by atoms with E-state index in [1.807, 2.05) is 0 Å². The van der Waals surface area contributed by atoms with Gasteiger partial charge in [-0.25, -0.2) is 0 Å². The van der Waals surface area contributed by atoms with Crippen molar-refractivity contribution in [2.24, 2.45) is 0 Å². The van der Waals surface area contributed by atoms with Crippen molar-refractivity contribution in [2.75, 3.05) is 27.9 Å². The molecule has 1 atom stereocenters. The Kier molecular flexibility index (Phi) is 4.20. The maximum absolute atomic E-state index is 12.9. The number of carbonyl (C=O) groups is 1. The number of hydrogen-bond donors (Lipinski definition) is 1.